The fraction of sp³-hybridized carbons (Fsp3) is 0.406. The van der Waals surface area contributed by atoms with Crippen LogP contribution in [0.4, 0.5) is 10.2 Å². The van der Waals surface area contributed by atoms with Crippen molar-refractivity contribution in [2.45, 2.75) is 53.6 Å². The van der Waals surface area contributed by atoms with E-state index in [1.54, 1.807) is 36.2 Å². The average Bonchev–Trinajstić information content (AvgIpc) is 2.96. The summed E-state index contributed by atoms with van der Waals surface area (Å²) >= 11 is 6.80. The quantitative estimate of drug-likeness (QED) is 0.256. The second-order valence-electron chi connectivity index (χ2n) is 11.5. The van der Waals surface area contributed by atoms with Crippen molar-refractivity contribution in [1.82, 2.24) is 24.8 Å². The lowest BCUT2D eigenvalue weighted by atomic mass is 9.98. The largest absolute Gasteiger partial charge is 0.389 e. The van der Waals surface area contributed by atoms with Crippen molar-refractivity contribution in [3.63, 3.8) is 0 Å². The van der Waals surface area contributed by atoms with Crippen molar-refractivity contribution in [2.75, 3.05) is 25.0 Å². The predicted molar refractivity (Wildman–Crippen MR) is 172 cm³/mol. The first-order valence-corrected chi connectivity index (χ1v) is 14.8. The van der Waals surface area contributed by atoms with Gasteiger partial charge in [0.1, 0.15) is 11.6 Å². The SMILES string of the molecule is C=CC(=O)N1C[C@H](C)N(c2nc(=O)n(/C(C(=N)C(C)C)=C(/NC)C(C)C)c3nc(-c4ccccc4F)c(Cl)cc23)C[C@H]1C. The van der Waals surface area contributed by atoms with Crippen molar-refractivity contribution in [3.8, 4) is 11.3 Å². The Morgan fingerprint density at radius 3 is 2.40 bits per heavy atom. The number of aromatic nitrogens is 3. The van der Waals surface area contributed by atoms with E-state index >= 15 is 4.39 Å². The van der Waals surface area contributed by atoms with Crippen LogP contribution in [-0.2, 0) is 4.79 Å². The number of hydrogen-bond acceptors (Lipinski definition) is 7. The molecule has 3 heterocycles. The molecule has 11 heteroatoms. The van der Waals surface area contributed by atoms with Gasteiger partial charge in [-0.1, -0.05) is 58.0 Å². The smallest absolute Gasteiger partial charge is 0.355 e. The standard InChI is InChI=1S/C32H39ClFN7O2/c1-9-25(42)39-15-20(7)40(16-19(39)6)30-22-14-23(33)28(21-12-10-11-13-24(21)34)37-31(22)41(32(43)38-30)29(26(35)17(2)3)27(36-8)18(4)5/h9-14,17-20,35-36H,1,15-16H2,2-8H3/b29-27+,35-26?/t19-,20+/m1/s1. The molecule has 9 nitrogen and oxygen atoms in total. The number of allylic oxidation sites excluding steroid dienone is 2. The Hall–Kier alpha value is -4.05. The van der Waals surface area contributed by atoms with Gasteiger partial charge in [-0.15, -0.1) is 0 Å². The second-order valence-corrected chi connectivity index (χ2v) is 11.9. The molecule has 3 aromatic rings. The number of carbonyl (C=O) groups excluding carboxylic acids is 1. The number of rotatable bonds is 8. The van der Waals surface area contributed by atoms with E-state index in [0.29, 0.717) is 35.7 Å². The van der Waals surface area contributed by atoms with E-state index in [4.69, 9.17) is 22.0 Å². The van der Waals surface area contributed by atoms with Gasteiger partial charge in [-0.05, 0) is 50.0 Å². The van der Waals surface area contributed by atoms with Crippen LogP contribution < -0.4 is 15.9 Å². The lowest BCUT2D eigenvalue weighted by Gasteiger charge is -2.44. The molecule has 1 saturated heterocycles. The highest BCUT2D eigenvalue weighted by molar-refractivity contribution is 6.34. The van der Waals surface area contributed by atoms with E-state index < -0.39 is 11.5 Å². The zero-order valence-electron chi connectivity index (χ0n) is 25.7. The number of pyridine rings is 1. The highest BCUT2D eigenvalue weighted by atomic mass is 35.5. The van der Waals surface area contributed by atoms with Gasteiger partial charge >= 0.3 is 5.69 Å². The van der Waals surface area contributed by atoms with Gasteiger partial charge in [0.15, 0.2) is 5.65 Å². The summed E-state index contributed by atoms with van der Waals surface area (Å²) in [6.07, 6.45) is 1.30. The number of amides is 1. The molecular formula is C32H39ClFN7O2. The maximum Gasteiger partial charge on any atom is 0.355 e. The number of hydrogen-bond donors (Lipinski definition) is 2. The van der Waals surface area contributed by atoms with Crippen LogP contribution in [0.5, 0.6) is 0 Å². The summed E-state index contributed by atoms with van der Waals surface area (Å²) in [4.78, 5) is 39.8. The molecule has 0 aliphatic carbocycles. The summed E-state index contributed by atoms with van der Waals surface area (Å²) in [5.74, 6) is -0.610. The minimum atomic E-state index is -0.630. The average molecular weight is 608 g/mol. The zero-order valence-corrected chi connectivity index (χ0v) is 26.5. The lowest BCUT2D eigenvalue weighted by molar-refractivity contribution is -0.128. The number of halogens is 2. The summed E-state index contributed by atoms with van der Waals surface area (Å²) in [7, 11) is 1.75. The molecular weight excluding hydrogens is 569 g/mol. The first-order valence-electron chi connectivity index (χ1n) is 14.4. The van der Waals surface area contributed by atoms with Crippen molar-refractivity contribution in [3.05, 3.63) is 70.0 Å². The highest BCUT2D eigenvalue weighted by Crippen LogP contribution is 2.36. The fourth-order valence-electron chi connectivity index (χ4n) is 5.55. The van der Waals surface area contributed by atoms with Crippen LogP contribution >= 0.6 is 11.6 Å². The van der Waals surface area contributed by atoms with Gasteiger partial charge < -0.3 is 20.5 Å². The Morgan fingerprint density at radius 2 is 1.81 bits per heavy atom. The molecule has 0 spiro atoms. The maximum absolute atomic E-state index is 15.0. The van der Waals surface area contributed by atoms with Crippen molar-refractivity contribution in [1.29, 1.82) is 5.41 Å². The molecule has 228 valence electrons. The summed E-state index contributed by atoms with van der Waals surface area (Å²) in [5, 5.41) is 12.9. The molecule has 1 amide bonds. The molecule has 2 atom stereocenters. The topological polar surface area (TPSA) is 107 Å². The Labute approximate surface area is 256 Å². The van der Waals surface area contributed by atoms with Gasteiger partial charge in [-0.2, -0.15) is 4.98 Å². The Balaban J connectivity index is 2.11. The minimum Gasteiger partial charge on any atom is -0.389 e. The fourth-order valence-corrected chi connectivity index (χ4v) is 5.81. The maximum atomic E-state index is 15.0. The zero-order chi connectivity index (χ0) is 31.7. The molecule has 4 rings (SSSR count). The Bertz CT molecular complexity index is 1680. The number of nitrogens with zero attached hydrogens (tertiary/aromatic N) is 5. The Kier molecular flexibility index (Phi) is 9.39. The van der Waals surface area contributed by atoms with E-state index in [1.807, 2.05) is 46.4 Å². The van der Waals surface area contributed by atoms with Crippen LogP contribution in [0.1, 0.15) is 41.5 Å². The van der Waals surface area contributed by atoms with Gasteiger partial charge in [0.05, 0.1) is 27.5 Å². The van der Waals surface area contributed by atoms with Crippen LogP contribution in [-0.4, -0.2) is 63.3 Å². The van der Waals surface area contributed by atoms with Crippen molar-refractivity contribution >= 4 is 45.8 Å². The molecule has 0 saturated carbocycles. The number of fused-ring (bicyclic) bond motifs is 1. The molecule has 1 aliphatic heterocycles. The van der Waals surface area contributed by atoms with Crippen LogP contribution in [0.2, 0.25) is 5.02 Å². The van der Waals surface area contributed by atoms with Crippen LogP contribution in [0.3, 0.4) is 0 Å². The predicted octanol–water partition coefficient (Wildman–Crippen LogP) is 5.58. The number of benzene rings is 1. The molecule has 1 aromatic carbocycles. The molecule has 0 bridgehead atoms. The molecule has 1 aliphatic rings. The summed E-state index contributed by atoms with van der Waals surface area (Å²) in [6.45, 7) is 16.0. The highest BCUT2D eigenvalue weighted by Gasteiger charge is 2.34. The van der Waals surface area contributed by atoms with Crippen LogP contribution in [0, 0.1) is 23.1 Å². The van der Waals surface area contributed by atoms with Gasteiger partial charge in [0.25, 0.3) is 0 Å². The van der Waals surface area contributed by atoms with E-state index in [-0.39, 0.29) is 57.5 Å². The van der Waals surface area contributed by atoms with Crippen molar-refractivity contribution in [2.24, 2.45) is 11.8 Å². The molecule has 2 aromatic heterocycles. The molecule has 43 heavy (non-hydrogen) atoms. The van der Waals surface area contributed by atoms with Crippen molar-refractivity contribution < 1.29 is 9.18 Å². The molecule has 0 radical (unpaired) electrons. The van der Waals surface area contributed by atoms with E-state index in [1.165, 1.54) is 16.7 Å². The van der Waals surface area contributed by atoms with Gasteiger partial charge in [0.2, 0.25) is 5.91 Å². The third-order valence-corrected chi connectivity index (χ3v) is 8.09. The summed E-state index contributed by atoms with van der Waals surface area (Å²) in [6, 6.07) is 7.45. The van der Waals surface area contributed by atoms with Gasteiger partial charge in [0, 0.05) is 43.5 Å². The summed E-state index contributed by atoms with van der Waals surface area (Å²) in [5.41, 5.74) is 1.17. The minimum absolute atomic E-state index is 0.0737. The monoisotopic (exact) mass is 607 g/mol. The second kappa shape index (κ2) is 12.7. The summed E-state index contributed by atoms with van der Waals surface area (Å²) < 4.78 is 16.4. The van der Waals surface area contributed by atoms with E-state index in [2.05, 4.69) is 16.9 Å². The first-order chi connectivity index (χ1) is 20.3. The number of piperazine rings is 1. The lowest BCUT2D eigenvalue weighted by Crippen LogP contribution is -2.58. The van der Waals surface area contributed by atoms with Gasteiger partial charge in [-0.3, -0.25) is 4.79 Å². The normalized spacial score (nSPS) is 17.8. The van der Waals surface area contributed by atoms with E-state index in [9.17, 15) is 9.59 Å². The van der Waals surface area contributed by atoms with E-state index in [0.717, 1.165) is 0 Å². The molecule has 2 N–H and O–H groups in total. The van der Waals surface area contributed by atoms with Crippen LogP contribution in [0.25, 0.3) is 28.0 Å². The molecule has 0 unspecified atom stereocenters. The molecule has 1 fully saturated rings. The third kappa shape index (κ3) is 5.93. The third-order valence-electron chi connectivity index (χ3n) is 7.80. The Morgan fingerprint density at radius 1 is 1.14 bits per heavy atom. The first kappa shape index (κ1) is 31.9. The van der Waals surface area contributed by atoms with Crippen LogP contribution in [0.15, 0.2) is 53.5 Å². The number of anilines is 1. The van der Waals surface area contributed by atoms with Gasteiger partial charge in [-0.25, -0.2) is 18.7 Å². The number of nitrogens with one attached hydrogen (secondary N) is 2. The number of carbonyl (C=O) groups is 1.